The number of benzene rings is 3. The normalized spacial score (nSPS) is 14.8. The Hall–Kier alpha value is -4.46. The second-order valence-electron chi connectivity index (χ2n) is 8.07. The first kappa shape index (κ1) is 21.4. The average Bonchev–Trinajstić information content (AvgIpc) is 3.42. The minimum absolute atomic E-state index is 0.00792. The summed E-state index contributed by atoms with van der Waals surface area (Å²) in [7, 11) is 1.62. The molecular formula is C26H22N4O4. The van der Waals surface area contributed by atoms with Crippen molar-refractivity contribution in [1.82, 2.24) is 15.1 Å². The van der Waals surface area contributed by atoms with Crippen LogP contribution in [0.25, 0.3) is 11.3 Å². The van der Waals surface area contributed by atoms with Crippen molar-refractivity contribution in [3.05, 3.63) is 111 Å². The summed E-state index contributed by atoms with van der Waals surface area (Å²) < 4.78 is 5.23. The van der Waals surface area contributed by atoms with Gasteiger partial charge in [-0.15, -0.1) is 0 Å². The molecule has 0 saturated heterocycles. The molecule has 1 atom stereocenters. The van der Waals surface area contributed by atoms with E-state index in [0.29, 0.717) is 24.4 Å². The van der Waals surface area contributed by atoms with Gasteiger partial charge in [0.1, 0.15) is 11.4 Å². The number of nitro benzene ring substituents is 1. The fourth-order valence-electron chi connectivity index (χ4n) is 4.41. The molecule has 1 aliphatic rings. The summed E-state index contributed by atoms with van der Waals surface area (Å²) in [5, 5.41) is 18.6. The first-order chi connectivity index (χ1) is 16.6. The molecule has 2 heterocycles. The number of nitro groups is 1. The summed E-state index contributed by atoms with van der Waals surface area (Å²) in [4.78, 5) is 26.0. The lowest BCUT2D eigenvalue weighted by atomic mass is 9.95. The van der Waals surface area contributed by atoms with Crippen LogP contribution in [0.4, 0.5) is 5.69 Å². The van der Waals surface area contributed by atoms with Crippen LogP contribution in [0.15, 0.2) is 78.9 Å². The zero-order valence-corrected chi connectivity index (χ0v) is 18.5. The second-order valence-corrected chi connectivity index (χ2v) is 8.07. The Balaban J connectivity index is 1.53. The predicted octanol–water partition coefficient (Wildman–Crippen LogP) is 4.78. The number of H-pyrrole nitrogens is 1. The molecule has 0 fully saturated rings. The number of aromatic nitrogens is 2. The fourth-order valence-corrected chi connectivity index (χ4v) is 4.41. The Morgan fingerprint density at radius 1 is 1.03 bits per heavy atom. The van der Waals surface area contributed by atoms with E-state index in [1.807, 2.05) is 54.6 Å². The van der Waals surface area contributed by atoms with E-state index >= 15 is 0 Å². The maximum Gasteiger partial charge on any atom is 0.273 e. The van der Waals surface area contributed by atoms with Crippen LogP contribution in [-0.2, 0) is 6.42 Å². The van der Waals surface area contributed by atoms with Crippen LogP contribution in [0.5, 0.6) is 5.75 Å². The number of aromatic amines is 1. The number of amides is 1. The van der Waals surface area contributed by atoms with Crippen LogP contribution in [-0.4, -0.2) is 39.6 Å². The molecule has 170 valence electrons. The topological polar surface area (TPSA) is 101 Å². The van der Waals surface area contributed by atoms with Crippen LogP contribution in [0.1, 0.15) is 33.2 Å². The SMILES string of the molecule is COc1ccc(CCN2C(=O)c3[nH]nc(-c4ccccc4)c3C2c2ccc([N+](=O)[O-])cc2)cc1. The Bertz CT molecular complexity index is 1330. The van der Waals surface area contributed by atoms with E-state index in [4.69, 9.17) is 4.74 Å². The first-order valence-corrected chi connectivity index (χ1v) is 10.9. The van der Waals surface area contributed by atoms with Crippen molar-refractivity contribution in [2.24, 2.45) is 0 Å². The summed E-state index contributed by atoms with van der Waals surface area (Å²) >= 11 is 0. The smallest absolute Gasteiger partial charge is 0.273 e. The number of rotatable bonds is 7. The molecule has 5 rings (SSSR count). The van der Waals surface area contributed by atoms with Gasteiger partial charge in [-0.25, -0.2) is 0 Å². The van der Waals surface area contributed by atoms with Gasteiger partial charge >= 0.3 is 0 Å². The number of methoxy groups -OCH3 is 1. The summed E-state index contributed by atoms with van der Waals surface area (Å²) in [6.45, 7) is 0.476. The van der Waals surface area contributed by atoms with Crippen molar-refractivity contribution in [2.45, 2.75) is 12.5 Å². The van der Waals surface area contributed by atoms with Gasteiger partial charge in [-0.05, 0) is 41.8 Å². The van der Waals surface area contributed by atoms with Gasteiger partial charge in [0.15, 0.2) is 0 Å². The molecule has 1 aromatic heterocycles. The van der Waals surface area contributed by atoms with Crippen LogP contribution < -0.4 is 4.74 Å². The number of non-ortho nitro benzene ring substituents is 1. The summed E-state index contributed by atoms with van der Waals surface area (Å²) in [5.74, 6) is 0.639. The number of hydrogen-bond donors (Lipinski definition) is 1. The molecule has 0 bridgehead atoms. The van der Waals surface area contributed by atoms with Gasteiger partial charge in [0, 0.05) is 29.8 Å². The lowest BCUT2D eigenvalue weighted by Gasteiger charge is -2.26. The molecule has 1 N–H and O–H groups in total. The minimum atomic E-state index is -0.427. The third-order valence-electron chi connectivity index (χ3n) is 6.13. The highest BCUT2D eigenvalue weighted by Gasteiger charge is 2.42. The number of nitrogens with one attached hydrogen (secondary N) is 1. The molecule has 0 radical (unpaired) electrons. The minimum Gasteiger partial charge on any atom is -0.497 e. The highest BCUT2D eigenvalue weighted by Crippen LogP contribution is 2.43. The standard InChI is InChI=1S/C26H22N4O4/c1-34-21-13-7-17(8-14-21)15-16-29-25(19-9-11-20(12-10-19)30(32)33)22-23(18-5-3-2-4-6-18)27-28-24(22)26(29)31/h2-14,25H,15-16H2,1H3,(H,27,28). The molecule has 4 aromatic rings. The first-order valence-electron chi connectivity index (χ1n) is 10.9. The number of ether oxygens (including phenoxy) is 1. The molecule has 1 amide bonds. The van der Waals surface area contributed by atoms with Gasteiger partial charge in [-0.1, -0.05) is 42.5 Å². The van der Waals surface area contributed by atoms with Crippen molar-refractivity contribution in [3.63, 3.8) is 0 Å². The molecule has 1 aliphatic heterocycles. The van der Waals surface area contributed by atoms with Gasteiger partial charge in [0.2, 0.25) is 0 Å². The Labute approximate surface area is 196 Å². The van der Waals surface area contributed by atoms with Crippen molar-refractivity contribution < 1.29 is 14.5 Å². The highest BCUT2D eigenvalue weighted by atomic mass is 16.6. The monoisotopic (exact) mass is 454 g/mol. The van der Waals surface area contributed by atoms with Gasteiger partial charge in [0.25, 0.3) is 11.6 Å². The molecule has 1 unspecified atom stereocenters. The molecule has 34 heavy (non-hydrogen) atoms. The predicted molar refractivity (Wildman–Crippen MR) is 127 cm³/mol. The van der Waals surface area contributed by atoms with E-state index < -0.39 is 11.0 Å². The molecular weight excluding hydrogens is 432 g/mol. The van der Waals surface area contributed by atoms with Crippen LogP contribution >= 0.6 is 0 Å². The Morgan fingerprint density at radius 3 is 2.38 bits per heavy atom. The lowest BCUT2D eigenvalue weighted by Crippen LogP contribution is -2.31. The number of carbonyl (C=O) groups is 1. The average molecular weight is 454 g/mol. The van der Waals surface area contributed by atoms with E-state index in [9.17, 15) is 14.9 Å². The van der Waals surface area contributed by atoms with Crippen molar-refractivity contribution >= 4 is 11.6 Å². The zero-order valence-electron chi connectivity index (χ0n) is 18.5. The largest absolute Gasteiger partial charge is 0.497 e. The maximum absolute atomic E-state index is 13.4. The molecule has 8 heteroatoms. The number of fused-ring (bicyclic) bond motifs is 1. The second kappa shape index (κ2) is 8.82. The molecule has 0 saturated carbocycles. The number of carbonyl (C=O) groups excluding carboxylic acids is 1. The van der Waals surface area contributed by atoms with E-state index in [2.05, 4.69) is 10.2 Å². The van der Waals surface area contributed by atoms with Crippen molar-refractivity contribution in [2.75, 3.05) is 13.7 Å². The van der Waals surface area contributed by atoms with Crippen molar-refractivity contribution in [3.8, 4) is 17.0 Å². The third kappa shape index (κ3) is 3.79. The number of hydrogen-bond acceptors (Lipinski definition) is 5. The summed E-state index contributed by atoms with van der Waals surface area (Å²) in [6.07, 6.45) is 0.650. The van der Waals surface area contributed by atoms with Gasteiger partial charge in [-0.3, -0.25) is 20.0 Å². The fraction of sp³-hybridized carbons (Fsp3) is 0.154. The molecule has 0 aliphatic carbocycles. The Kier molecular flexibility index (Phi) is 5.55. The van der Waals surface area contributed by atoms with E-state index in [1.54, 1.807) is 24.1 Å². The highest BCUT2D eigenvalue weighted by molar-refractivity contribution is 6.00. The van der Waals surface area contributed by atoms with Crippen LogP contribution in [0.2, 0.25) is 0 Å². The van der Waals surface area contributed by atoms with Gasteiger partial charge in [0.05, 0.1) is 23.8 Å². The third-order valence-corrected chi connectivity index (χ3v) is 6.13. The lowest BCUT2D eigenvalue weighted by molar-refractivity contribution is -0.384. The summed E-state index contributed by atoms with van der Waals surface area (Å²) in [5.41, 5.74) is 4.74. The van der Waals surface area contributed by atoms with E-state index in [1.165, 1.54) is 12.1 Å². The van der Waals surface area contributed by atoms with Crippen LogP contribution in [0, 0.1) is 10.1 Å². The van der Waals surface area contributed by atoms with Gasteiger partial charge < -0.3 is 9.64 Å². The quantitative estimate of drug-likeness (QED) is 0.320. The molecule has 0 spiro atoms. The van der Waals surface area contributed by atoms with E-state index in [-0.39, 0.29) is 11.6 Å². The van der Waals surface area contributed by atoms with Crippen molar-refractivity contribution in [1.29, 1.82) is 0 Å². The van der Waals surface area contributed by atoms with Crippen LogP contribution in [0.3, 0.4) is 0 Å². The maximum atomic E-state index is 13.4. The molecule has 3 aromatic carbocycles. The molecule has 8 nitrogen and oxygen atoms in total. The zero-order chi connectivity index (χ0) is 23.7. The Morgan fingerprint density at radius 2 is 1.74 bits per heavy atom. The number of nitrogens with zero attached hydrogens (tertiary/aromatic N) is 3. The van der Waals surface area contributed by atoms with E-state index in [0.717, 1.165) is 28.0 Å². The summed E-state index contributed by atoms with van der Waals surface area (Å²) in [6, 6.07) is 23.4. The van der Waals surface area contributed by atoms with Gasteiger partial charge in [-0.2, -0.15) is 5.10 Å².